The first-order valence-corrected chi connectivity index (χ1v) is 17.6. The minimum atomic E-state index is 0.623. The van der Waals surface area contributed by atoms with Gasteiger partial charge in [-0.15, -0.1) is 0 Å². The summed E-state index contributed by atoms with van der Waals surface area (Å²) < 4.78 is 2.38. The van der Waals surface area contributed by atoms with Crippen molar-refractivity contribution in [3.05, 3.63) is 176 Å². The summed E-state index contributed by atoms with van der Waals surface area (Å²) in [4.78, 5) is 15.0. The lowest BCUT2D eigenvalue weighted by Crippen LogP contribution is -2.03. The minimum Gasteiger partial charge on any atom is -0.309 e. The van der Waals surface area contributed by atoms with Crippen LogP contribution in [0.25, 0.3) is 99.7 Å². The molecule has 2 aromatic heterocycles. The third kappa shape index (κ3) is 4.58. The molecule has 52 heavy (non-hydrogen) atoms. The molecule has 7 aromatic carbocycles. The lowest BCUT2D eigenvalue weighted by molar-refractivity contribution is 1.03. The van der Waals surface area contributed by atoms with Crippen molar-refractivity contribution >= 4 is 54.6 Å². The van der Waals surface area contributed by atoms with Crippen molar-refractivity contribution in [2.75, 3.05) is 0 Å². The number of aromatic nitrogens is 4. The Labute approximate surface area is 301 Å². The Hall–Kier alpha value is -6.91. The van der Waals surface area contributed by atoms with Crippen LogP contribution in [0.15, 0.2) is 170 Å². The Morgan fingerprint density at radius 2 is 1.15 bits per heavy atom. The highest BCUT2D eigenvalue weighted by Crippen LogP contribution is 2.51. The first-order chi connectivity index (χ1) is 25.7. The van der Waals surface area contributed by atoms with Crippen molar-refractivity contribution in [3.63, 3.8) is 0 Å². The maximum Gasteiger partial charge on any atom is 0.164 e. The Morgan fingerprint density at radius 3 is 1.87 bits per heavy atom. The van der Waals surface area contributed by atoms with E-state index < -0.39 is 0 Å². The van der Waals surface area contributed by atoms with Gasteiger partial charge in [-0.3, -0.25) is 0 Å². The molecule has 0 saturated carbocycles. The summed E-state index contributed by atoms with van der Waals surface area (Å²) in [6.45, 7) is 6.23. The van der Waals surface area contributed by atoms with E-state index in [0.717, 1.165) is 33.4 Å². The average molecular weight is 665 g/mol. The summed E-state index contributed by atoms with van der Waals surface area (Å²) >= 11 is 0. The van der Waals surface area contributed by atoms with Crippen LogP contribution in [-0.4, -0.2) is 19.5 Å². The Morgan fingerprint density at radius 1 is 0.538 bits per heavy atom. The van der Waals surface area contributed by atoms with E-state index in [-0.39, 0.29) is 0 Å². The summed E-state index contributed by atoms with van der Waals surface area (Å²) in [5.41, 5.74) is 11.1. The standard InChI is InChI=1S/C48H32N4/c1-3-15-34(28-30(2)46-49-47(31-16-6-4-7-17-31)51-48(50-46)32-18-8-5-9-19-32)52-41-25-14-24-38-36-22-12-13-23-37(36)40-29-33-20-10-11-21-35(33)39-26-27-42(52)45(43(39)40)44(38)41/h3-29H,1H2,2H3/b30-28+,34-15+. The number of benzene rings is 7. The normalized spacial score (nSPS) is 12.6. The molecule has 0 saturated heterocycles. The molecule has 1 aliphatic rings. The fourth-order valence-electron chi connectivity index (χ4n) is 8.00. The van der Waals surface area contributed by atoms with Gasteiger partial charge >= 0.3 is 0 Å². The largest absolute Gasteiger partial charge is 0.309 e. The molecule has 0 fully saturated rings. The van der Waals surface area contributed by atoms with E-state index in [9.17, 15) is 0 Å². The molecule has 10 rings (SSSR count). The van der Waals surface area contributed by atoms with Gasteiger partial charge in [-0.05, 0) is 81.3 Å². The van der Waals surface area contributed by atoms with Crippen molar-refractivity contribution in [1.29, 1.82) is 0 Å². The maximum absolute atomic E-state index is 5.03. The van der Waals surface area contributed by atoms with E-state index in [2.05, 4.69) is 115 Å². The molecule has 0 spiro atoms. The van der Waals surface area contributed by atoms with Gasteiger partial charge in [-0.2, -0.15) is 0 Å². The predicted octanol–water partition coefficient (Wildman–Crippen LogP) is 12.4. The van der Waals surface area contributed by atoms with Crippen LogP contribution in [0.4, 0.5) is 0 Å². The van der Waals surface area contributed by atoms with E-state index in [1.807, 2.05) is 66.7 Å². The second kappa shape index (κ2) is 11.9. The summed E-state index contributed by atoms with van der Waals surface area (Å²) in [7, 11) is 0. The zero-order valence-corrected chi connectivity index (χ0v) is 28.6. The first kappa shape index (κ1) is 30.0. The van der Waals surface area contributed by atoms with Crippen molar-refractivity contribution in [1.82, 2.24) is 19.5 Å². The third-order valence-corrected chi connectivity index (χ3v) is 10.2. The molecule has 1 aliphatic carbocycles. The van der Waals surface area contributed by atoms with Crippen LogP contribution >= 0.6 is 0 Å². The smallest absolute Gasteiger partial charge is 0.164 e. The third-order valence-electron chi connectivity index (χ3n) is 10.2. The van der Waals surface area contributed by atoms with Gasteiger partial charge < -0.3 is 4.57 Å². The van der Waals surface area contributed by atoms with Crippen LogP contribution in [0.3, 0.4) is 0 Å². The maximum atomic E-state index is 5.03. The van der Waals surface area contributed by atoms with Gasteiger partial charge in [0.15, 0.2) is 17.5 Å². The molecule has 0 unspecified atom stereocenters. The van der Waals surface area contributed by atoms with Crippen LogP contribution in [-0.2, 0) is 0 Å². The number of hydrogen-bond donors (Lipinski definition) is 0. The van der Waals surface area contributed by atoms with Crippen LogP contribution < -0.4 is 0 Å². The monoisotopic (exact) mass is 664 g/mol. The highest BCUT2D eigenvalue weighted by atomic mass is 15.0. The lowest BCUT2D eigenvalue weighted by atomic mass is 9.90. The Kier molecular flexibility index (Phi) is 6.83. The van der Waals surface area contributed by atoms with Crippen molar-refractivity contribution in [3.8, 4) is 45.0 Å². The van der Waals surface area contributed by atoms with Crippen LogP contribution in [0.5, 0.6) is 0 Å². The topological polar surface area (TPSA) is 43.6 Å². The van der Waals surface area contributed by atoms with Gasteiger partial charge in [-0.1, -0.05) is 140 Å². The summed E-state index contributed by atoms with van der Waals surface area (Å²) in [5.74, 6) is 1.90. The number of fused-ring (bicyclic) bond motifs is 5. The molecule has 0 bridgehead atoms. The molecular weight excluding hydrogens is 633 g/mol. The number of allylic oxidation sites excluding steroid dienone is 5. The van der Waals surface area contributed by atoms with Gasteiger partial charge in [0.05, 0.1) is 11.0 Å². The second-order valence-corrected chi connectivity index (χ2v) is 13.3. The quantitative estimate of drug-likeness (QED) is 0.131. The minimum absolute atomic E-state index is 0.623. The zero-order valence-electron chi connectivity index (χ0n) is 28.6. The number of nitrogens with zero attached hydrogens (tertiary/aromatic N) is 4. The highest BCUT2D eigenvalue weighted by Gasteiger charge is 2.26. The SMILES string of the molecule is C=C/C=C(\C=C(/C)c1nc(-c2ccccc2)nc(-c2ccccc2)n1)n1c2cccc3c2c2c4c(cc5ccccc5c4ccc21)-c1ccccc1-3. The molecule has 0 N–H and O–H groups in total. The summed E-state index contributed by atoms with van der Waals surface area (Å²) in [5, 5.41) is 7.57. The molecule has 0 aliphatic heterocycles. The number of rotatable bonds is 6. The van der Waals surface area contributed by atoms with E-state index in [1.165, 1.54) is 54.6 Å². The molecule has 0 amide bonds. The van der Waals surface area contributed by atoms with E-state index >= 15 is 0 Å². The molecule has 9 aromatic rings. The van der Waals surface area contributed by atoms with Gasteiger partial charge in [0.2, 0.25) is 0 Å². The Balaban J connectivity index is 1.25. The van der Waals surface area contributed by atoms with E-state index in [4.69, 9.17) is 15.0 Å². The Bertz CT molecular complexity index is 2910. The van der Waals surface area contributed by atoms with Gasteiger partial charge in [0.1, 0.15) is 0 Å². The van der Waals surface area contributed by atoms with Gasteiger partial charge in [-0.25, -0.2) is 15.0 Å². The summed E-state index contributed by atoms with van der Waals surface area (Å²) in [6.07, 6.45) is 6.12. The van der Waals surface area contributed by atoms with Crippen molar-refractivity contribution in [2.24, 2.45) is 0 Å². The molecule has 244 valence electrons. The highest BCUT2D eigenvalue weighted by molar-refractivity contribution is 6.34. The van der Waals surface area contributed by atoms with Gasteiger partial charge in [0, 0.05) is 33.0 Å². The molecule has 4 heteroatoms. The molecule has 2 heterocycles. The predicted molar refractivity (Wildman–Crippen MR) is 218 cm³/mol. The van der Waals surface area contributed by atoms with E-state index in [0.29, 0.717) is 17.5 Å². The summed E-state index contributed by atoms with van der Waals surface area (Å²) in [6, 6.07) is 51.4. The fraction of sp³-hybridized carbons (Fsp3) is 0.0208. The molecule has 0 radical (unpaired) electrons. The fourth-order valence-corrected chi connectivity index (χ4v) is 8.00. The van der Waals surface area contributed by atoms with Crippen molar-refractivity contribution < 1.29 is 0 Å². The van der Waals surface area contributed by atoms with Crippen LogP contribution in [0.1, 0.15) is 12.7 Å². The first-order valence-electron chi connectivity index (χ1n) is 17.6. The lowest BCUT2D eigenvalue weighted by Gasteiger charge is -2.16. The molecule has 0 atom stereocenters. The van der Waals surface area contributed by atoms with Crippen molar-refractivity contribution in [2.45, 2.75) is 6.92 Å². The van der Waals surface area contributed by atoms with Crippen LogP contribution in [0.2, 0.25) is 0 Å². The second-order valence-electron chi connectivity index (χ2n) is 13.3. The van der Waals surface area contributed by atoms with Crippen LogP contribution in [0, 0.1) is 0 Å². The average Bonchev–Trinajstić information content (AvgIpc) is 3.49. The number of hydrogen-bond acceptors (Lipinski definition) is 3. The van der Waals surface area contributed by atoms with Gasteiger partial charge in [0.25, 0.3) is 0 Å². The molecule has 4 nitrogen and oxygen atoms in total. The van der Waals surface area contributed by atoms with E-state index in [1.54, 1.807) is 0 Å². The molecular formula is C48H32N4. The zero-order chi connectivity index (χ0) is 34.8.